The van der Waals surface area contributed by atoms with Gasteiger partial charge in [0.15, 0.2) is 0 Å². The maximum Gasteiger partial charge on any atom is 0.408 e. The Morgan fingerprint density at radius 2 is 1.82 bits per heavy atom. The number of hydrogen-bond donors (Lipinski definition) is 3. The van der Waals surface area contributed by atoms with Crippen LogP contribution in [0.5, 0.6) is 0 Å². The standard InChI is InChI=1S/C31H44N4O5/c1-21(22-14-9-8-10-15-22)32-28(38)31-20-23(31)16-11-6-5-7-12-17-24(33-29(39)40-30(2,3)4)27(37)35-19-13-18-25(35)26(36)34-31/h8-11,14-16,21,23-25H,5-7,12-13,17-20H2,1-4H3,(H,32,38)(H,33,39)(H,34,36)/t21-,23+,24-,25?,31+/m0/s1. The van der Waals surface area contributed by atoms with E-state index in [1.165, 1.54) is 0 Å². The molecular formula is C31H44N4O5. The van der Waals surface area contributed by atoms with Gasteiger partial charge in [0, 0.05) is 12.5 Å². The Kier molecular flexibility index (Phi) is 9.21. The Balaban J connectivity index is 1.53. The lowest BCUT2D eigenvalue weighted by molar-refractivity contribution is -0.141. The smallest absolute Gasteiger partial charge is 0.408 e. The van der Waals surface area contributed by atoms with Gasteiger partial charge in [0.2, 0.25) is 17.7 Å². The fraction of sp³-hybridized carbons (Fsp3) is 0.613. The summed E-state index contributed by atoms with van der Waals surface area (Å²) in [6.45, 7) is 7.68. The molecule has 1 aliphatic carbocycles. The van der Waals surface area contributed by atoms with Crippen molar-refractivity contribution in [2.75, 3.05) is 6.54 Å². The van der Waals surface area contributed by atoms with E-state index in [0.29, 0.717) is 32.2 Å². The first kappa shape index (κ1) is 29.6. The molecule has 2 aliphatic heterocycles. The van der Waals surface area contributed by atoms with Gasteiger partial charge in [0.1, 0.15) is 23.2 Å². The highest BCUT2D eigenvalue weighted by atomic mass is 16.6. The molecule has 9 heteroatoms. The van der Waals surface area contributed by atoms with Crippen LogP contribution in [0.4, 0.5) is 4.79 Å². The van der Waals surface area contributed by atoms with Gasteiger partial charge in [-0.15, -0.1) is 0 Å². The topological polar surface area (TPSA) is 117 Å². The summed E-state index contributed by atoms with van der Waals surface area (Å²) in [5, 5.41) is 8.93. The molecule has 1 aromatic rings. The fourth-order valence-corrected chi connectivity index (χ4v) is 5.69. The number of nitrogens with zero attached hydrogens (tertiary/aromatic N) is 1. The van der Waals surface area contributed by atoms with Gasteiger partial charge in [-0.25, -0.2) is 4.79 Å². The second kappa shape index (κ2) is 12.4. The molecule has 1 aromatic carbocycles. The van der Waals surface area contributed by atoms with E-state index in [0.717, 1.165) is 31.2 Å². The minimum atomic E-state index is -1.04. The van der Waals surface area contributed by atoms with Crippen LogP contribution >= 0.6 is 0 Å². The largest absolute Gasteiger partial charge is 0.444 e. The molecule has 40 heavy (non-hydrogen) atoms. The van der Waals surface area contributed by atoms with Crippen molar-refractivity contribution in [1.82, 2.24) is 20.9 Å². The fourth-order valence-electron chi connectivity index (χ4n) is 5.69. The number of ether oxygens (including phenoxy) is 1. The zero-order chi connectivity index (χ0) is 28.9. The molecule has 3 N–H and O–H groups in total. The lowest BCUT2D eigenvalue weighted by Crippen LogP contribution is -2.58. The zero-order valence-electron chi connectivity index (χ0n) is 24.2. The van der Waals surface area contributed by atoms with E-state index in [2.05, 4.69) is 28.1 Å². The van der Waals surface area contributed by atoms with Crippen molar-refractivity contribution < 1.29 is 23.9 Å². The van der Waals surface area contributed by atoms with Gasteiger partial charge < -0.3 is 25.6 Å². The minimum Gasteiger partial charge on any atom is -0.444 e. The molecule has 2 heterocycles. The normalized spacial score (nSPS) is 28.2. The summed E-state index contributed by atoms with van der Waals surface area (Å²) in [6, 6.07) is 8.04. The number of rotatable bonds is 4. The maximum absolute atomic E-state index is 13.7. The quantitative estimate of drug-likeness (QED) is 0.486. The third kappa shape index (κ3) is 7.23. The molecule has 0 bridgehead atoms. The van der Waals surface area contributed by atoms with Crippen molar-refractivity contribution in [3.8, 4) is 0 Å². The first-order valence-electron chi connectivity index (χ1n) is 14.6. The average Bonchev–Trinajstić information content (AvgIpc) is 3.36. The van der Waals surface area contributed by atoms with Crippen LogP contribution in [0.1, 0.15) is 90.7 Å². The predicted molar refractivity (Wildman–Crippen MR) is 152 cm³/mol. The Bertz CT molecular complexity index is 1110. The second-order valence-corrected chi connectivity index (χ2v) is 12.3. The second-order valence-electron chi connectivity index (χ2n) is 12.3. The molecule has 0 aromatic heterocycles. The van der Waals surface area contributed by atoms with Crippen LogP contribution in [-0.2, 0) is 19.1 Å². The van der Waals surface area contributed by atoms with E-state index in [1.807, 2.05) is 37.3 Å². The van der Waals surface area contributed by atoms with E-state index in [4.69, 9.17) is 4.74 Å². The minimum absolute atomic E-state index is 0.100. The summed E-state index contributed by atoms with van der Waals surface area (Å²) in [5.41, 5.74) is -0.745. The van der Waals surface area contributed by atoms with E-state index in [-0.39, 0.29) is 29.7 Å². The molecule has 9 nitrogen and oxygen atoms in total. The molecule has 1 unspecified atom stereocenters. The Morgan fingerprint density at radius 1 is 1.07 bits per heavy atom. The zero-order valence-corrected chi connectivity index (χ0v) is 24.2. The van der Waals surface area contributed by atoms with E-state index >= 15 is 0 Å². The number of hydrogen-bond acceptors (Lipinski definition) is 5. The number of benzene rings is 1. The molecule has 5 atom stereocenters. The van der Waals surface area contributed by atoms with Crippen LogP contribution in [0.3, 0.4) is 0 Å². The third-order valence-corrected chi connectivity index (χ3v) is 7.97. The van der Waals surface area contributed by atoms with Gasteiger partial charge in [0.25, 0.3) is 0 Å². The molecule has 4 rings (SSSR count). The van der Waals surface area contributed by atoms with E-state index in [9.17, 15) is 19.2 Å². The average molecular weight is 553 g/mol. The highest BCUT2D eigenvalue weighted by Crippen LogP contribution is 2.46. The van der Waals surface area contributed by atoms with E-state index in [1.54, 1.807) is 25.7 Å². The molecule has 4 amide bonds. The van der Waals surface area contributed by atoms with Crippen LogP contribution in [0.15, 0.2) is 42.5 Å². The number of amides is 4. The summed E-state index contributed by atoms with van der Waals surface area (Å²) in [4.78, 5) is 55.1. The van der Waals surface area contributed by atoms with Crippen molar-refractivity contribution in [3.05, 3.63) is 48.0 Å². The van der Waals surface area contributed by atoms with Gasteiger partial charge in [-0.2, -0.15) is 0 Å². The molecule has 1 saturated heterocycles. The molecule has 1 saturated carbocycles. The van der Waals surface area contributed by atoms with Crippen LogP contribution in [0.25, 0.3) is 0 Å². The lowest BCUT2D eigenvalue weighted by atomic mass is 10.0. The summed E-state index contributed by atoms with van der Waals surface area (Å²) in [6.07, 6.45) is 9.11. The predicted octanol–water partition coefficient (Wildman–Crippen LogP) is 4.14. The van der Waals surface area contributed by atoms with Gasteiger partial charge in [-0.3, -0.25) is 14.4 Å². The van der Waals surface area contributed by atoms with Crippen molar-refractivity contribution in [2.45, 2.75) is 108 Å². The van der Waals surface area contributed by atoms with Crippen molar-refractivity contribution >= 4 is 23.8 Å². The van der Waals surface area contributed by atoms with Crippen molar-refractivity contribution in [3.63, 3.8) is 0 Å². The first-order valence-corrected chi connectivity index (χ1v) is 14.6. The lowest BCUT2D eigenvalue weighted by Gasteiger charge is -2.31. The number of nitrogens with one attached hydrogen (secondary N) is 3. The monoisotopic (exact) mass is 552 g/mol. The third-order valence-electron chi connectivity index (χ3n) is 7.97. The Hall–Kier alpha value is -3.36. The van der Waals surface area contributed by atoms with Gasteiger partial charge in [-0.05, 0) is 71.8 Å². The Morgan fingerprint density at radius 3 is 2.55 bits per heavy atom. The summed E-state index contributed by atoms with van der Waals surface area (Å²) in [7, 11) is 0. The number of fused-ring (bicyclic) bond motifs is 2. The van der Waals surface area contributed by atoms with Crippen LogP contribution < -0.4 is 16.0 Å². The maximum atomic E-state index is 13.7. The summed E-state index contributed by atoms with van der Waals surface area (Å²) < 4.78 is 5.42. The molecule has 0 spiro atoms. The van der Waals surface area contributed by atoms with Gasteiger partial charge in [0.05, 0.1) is 6.04 Å². The number of alkyl carbamates (subject to hydrolysis) is 1. The van der Waals surface area contributed by atoms with Crippen LogP contribution in [0, 0.1) is 5.92 Å². The van der Waals surface area contributed by atoms with Crippen molar-refractivity contribution in [2.24, 2.45) is 5.92 Å². The summed E-state index contributed by atoms with van der Waals surface area (Å²) >= 11 is 0. The number of carbonyl (C=O) groups is 4. The van der Waals surface area contributed by atoms with Crippen LogP contribution in [-0.4, -0.2) is 58.5 Å². The van der Waals surface area contributed by atoms with Crippen LogP contribution in [0.2, 0.25) is 0 Å². The molecule has 2 fully saturated rings. The first-order chi connectivity index (χ1) is 19.0. The van der Waals surface area contributed by atoms with Gasteiger partial charge in [-0.1, -0.05) is 55.3 Å². The molecular weight excluding hydrogens is 508 g/mol. The SMILES string of the molecule is C[C@H](NC(=O)[C@@]12C[C@H]1C=CCCCCC[C@H](NC(=O)OC(C)(C)C)C(=O)N1CCCC1C(=O)N2)c1ccccc1. The number of allylic oxidation sites excluding steroid dienone is 1. The van der Waals surface area contributed by atoms with Gasteiger partial charge >= 0.3 is 6.09 Å². The number of carbonyl (C=O) groups excluding carboxylic acids is 4. The van der Waals surface area contributed by atoms with Crippen molar-refractivity contribution in [1.29, 1.82) is 0 Å². The highest BCUT2D eigenvalue weighted by molar-refractivity contribution is 5.98. The molecule has 218 valence electrons. The Labute approximate surface area is 237 Å². The molecule has 0 radical (unpaired) electrons. The summed E-state index contributed by atoms with van der Waals surface area (Å²) in [5.74, 6) is -0.914. The molecule has 3 aliphatic rings. The van der Waals surface area contributed by atoms with E-state index < -0.39 is 29.3 Å². The highest BCUT2D eigenvalue weighted by Gasteiger charge is 2.60.